The van der Waals surface area contributed by atoms with E-state index in [-0.39, 0.29) is 10.6 Å². The quantitative estimate of drug-likeness (QED) is 0.424. The zero-order valence-corrected chi connectivity index (χ0v) is 14.7. The lowest BCUT2D eigenvalue weighted by molar-refractivity contribution is -0.384. The number of benzene rings is 2. The summed E-state index contributed by atoms with van der Waals surface area (Å²) in [6, 6.07) is 14.7. The molecule has 0 spiro atoms. The number of non-ortho nitro benzene ring substituents is 1. The number of para-hydroxylation sites is 1. The van der Waals surface area contributed by atoms with E-state index in [1.54, 1.807) is 18.3 Å². The molecule has 0 saturated heterocycles. The van der Waals surface area contributed by atoms with Gasteiger partial charge in [0.2, 0.25) is 0 Å². The van der Waals surface area contributed by atoms with Crippen LogP contribution in [0.3, 0.4) is 0 Å². The van der Waals surface area contributed by atoms with Crippen molar-refractivity contribution in [2.24, 2.45) is 5.10 Å². The Bertz CT molecular complexity index is 744. The largest absolute Gasteiger partial charge is 0.279 e. The maximum atomic E-state index is 11.1. The Morgan fingerprint density at radius 1 is 1.12 bits per heavy atom. The molecule has 0 radical (unpaired) electrons. The van der Waals surface area contributed by atoms with Crippen LogP contribution in [0.15, 0.2) is 58.5 Å². The normalized spacial score (nSPS) is 15.4. The Balaban J connectivity index is 1.78. The van der Waals surface area contributed by atoms with Gasteiger partial charge in [-0.15, -0.1) is 11.8 Å². The third-order valence-electron chi connectivity index (χ3n) is 4.22. The van der Waals surface area contributed by atoms with E-state index in [2.05, 4.69) is 10.5 Å². The first kappa shape index (κ1) is 17.5. The number of nitro groups is 1. The molecule has 1 fully saturated rings. The van der Waals surface area contributed by atoms with Crippen molar-refractivity contribution >= 4 is 29.4 Å². The van der Waals surface area contributed by atoms with Crippen molar-refractivity contribution in [3.05, 3.63) is 64.2 Å². The molecule has 0 aromatic heterocycles. The lowest BCUT2D eigenvalue weighted by Crippen LogP contribution is -2.08. The van der Waals surface area contributed by atoms with E-state index in [1.165, 1.54) is 32.1 Å². The van der Waals surface area contributed by atoms with E-state index in [1.807, 2.05) is 48.2 Å². The zero-order chi connectivity index (χ0) is 17.5. The Morgan fingerprint density at radius 2 is 1.88 bits per heavy atom. The summed E-state index contributed by atoms with van der Waals surface area (Å²) in [6.07, 6.45) is 7.94. The van der Waals surface area contributed by atoms with Gasteiger partial charge in [0.25, 0.3) is 5.69 Å². The molecule has 0 bridgehead atoms. The van der Waals surface area contributed by atoms with Gasteiger partial charge in [0.1, 0.15) is 0 Å². The molecule has 1 N–H and O–H groups in total. The van der Waals surface area contributed by atoms with Gasteiger partial charge in [-0.1, -0.05) is 37.5 Å². The van der Waals surface area contributed by atoms with E-state index >= 15 is 0 Å². The summed E-state index contributed by atoms with van der Waals surface area (Å²) in [5.74, 6) is 0. The van der Waals surface area contributed by atoms with Crippen molar-refractivity contribution in [1.29, 1.82) is 0 Å². The molecule has 2 aromatic carbocycles. The summed E-state index contributed by atoms with van der Waals surface area (Å²) < 4.78 is 0. The maximum Gasteiger partial charge on any atom is 0.270 e. The number of anilines is 1. The van der Waals surface area contributed by atoms with Crippen LogP contribution >= 0.6 is 11.8 Å². The summed E-state index contributed by atoms with van der Waals surface area (Å²) in [5.41, 5.74) is 4.72. The van der Waals surface area contributed by atoms with Gasteiger partial charge in [0, 0.05) is 27.8 Å². The molecule has 0 unspecified atom stereocenters. The topological polar surface area (TPSA) is 67.5 Å². The molecule has 0 aliphatic heterocycles. The van der Waals surface area contributed by atoms with Gasteiger partial charge < -0.3 is 0 Å². The van der Waals surface area contributed by atoms with Crippen LogP contribution in [0, 0.1) is 10.1 Å². The standard InChI is InChI=1S/C19H21N3O2S/c23-22(24)17-11-12-19(25-18-9-5-2-6-10-18)15(13-17)14-20-21-16-7-3-1-4-8-16/h1,3-4,7-8,11-14,18,21H,2,5-6,9-10H2. The number of nitrogens with zero attached hydrogens (tertiary/aromatic N) is 2. The second-order valence-electron chi connectivity index (χ2n) is 6.09. The van der Waals surface area contributed by atoms with Gasteiger partial charge in [-0.3, -0.25) is 15.5 Å². The molecule has 1 aliphatic carbocycles. The Kier molecular flexibility index (Phi) is 6.06. The highest BCUT2D eigenvalue weighted by Crippen LogP contribution is 2.36. The van der Waals surface area contributed by atoms with E-state index in [0.29, 0.717) is 5.25 Å². The zero-order valence-electron chi connectivity index (χ0n) is 13.9. The van der Waals surface area contributed by atoms with Gasteiger partial charge in [0.15, 0.2) is 0 Å². The third kappa shape index (κ3) is 5.06. The van der Waals surface area contributed by atoms with Crippen molar-refractivity contribution in [2.75, 3.05) is 5.43 Å². The fourth-order valence-corrected chi connectivity index (χ4v) is 4.23. The molecule has 0 amide bonds. The molecule has 3 rings (SSSR count). The molecular weight excluding hydrogens is 334 g/mol. The molecule has 5 nitrogen and oxygen atoms in total. The first-order valence-corrected chi connectivity index (χ1v) is 9.39. The molecule has 25 heavy (non-hydrogen) atoms. The molecule has 130 valence electrons. The van der Waals surface area contributed by atoms with E-state index in [9.17, 15) is 10.1 Å². The second-order valence-corrected chi connectivity index (χ2v) is 7.44. The van der Waals surface area contributed by atoms with Crippen LogP contribution in [0.1, 0.15) is 37.7 Å². The number of hydrogen-bond donors (Lipinski definition) is 1. The van der Waals surface area contributed by atoms with Crippen LogP contribution in [-0.2, 0) is 0 Å². The van der Waals surface area contributed by atoms with Gasteiger partial charge in [-0.2, -0.15) is 5.10 Å². The molecule has 2 aromatic rings. The summed E-state index contributed by atoms with van der Waals surface area (Å²) in [7, 11) is 0. The summed E-state index contributed by atoms with van der Waals surface area (Å²) in [6.45, 7) is 0. The summed E-state index contributed by atoms with van der Waals surface area (Å²) in [5, 5.41) is 15.9. The molecular formula is C19H21N3O2S. The van der Waals surface area contributed by atoms with Crippen molar-refractivity contribution in [2.45, 2.75) is 42.2 Å². The Hall–Kier alpha value is -2.34. The number of nitrogens with one attached hydrogen (secondary N) is 1. The van der Waals surface area contributed by atoms with Crippen molar-refractivity contribution in [3.8, 4) is 0 Å². The van der Waals surface area contributed by atoms with Crippen molar-refractivity contribution in [1.82, 2.24) is 0 Å². The van der Waals surface area contributed by atoms with Crippen LogP contribution < -0.4 is 5.43 Å². The monoisotopic (exact) mass is 355 g/mol. The lowest BCUT2D eigenvalue weighted by atomic mass is 10.0. The predicted octanol–water partition coefficient (Wildman–Crippen LogP) is 5.47. The average Bonchev–Trinajstić information content (AvgIpc) is 2.64. The SMILES string of the molecule is O=[N+]([O-])c1ccc(SC2CCCCC2)c(C=NNc2ccccc2)c1. The second kappa shape index (κ2) is 8.67. The van der Waals surface area contributed by atoms with Crippen LogP contribution in [0.5, 0.6) is 0 Å². The number of thioether (sulfide) groups is 1. The minimum atomic E-state index is -0.364. The fraction of sp³-hybridized carbons (Fsp3) is 0.316. The van der Waals surface area contributed by atoms with Crippen LogP contribution in [0.4, 0.5) is 11.4 Å². The molecule has 1 aliphatic rings. The number of rotatable bonds is 6. The lowest BCUT2D eigenvalue weighted by Gasteiger charge is -2.21. The number of nitro benzene ring substituents is 1. The van der Waals surface area contributed by atoms with E-state index in [0.717, 1.165) is 16.1 Å². The highest BCUT2D eigenvalue weighted by Gasteiger charge is 2.17. The van der Waals surface area contributed by atoms with Crippen LogP contribution in [-0.4, -0.2) is 16.4 Å². The number of hydrazone groups is 1. The summed E-state index contributed by atoms with van der Waals surface area (Å²) >= 11 is 1.82. The summed E-state index contributed by atoms with van der Waals surface area (Å²) in [4.78, 5) is 11.8. The molecule has 6 heteroatoms. The van der Waals surface area contributed by atoms with Crippen molar-refractivity contribution in [3.63, 3.8) is 0 Å². The van der Waals surface area contributed by atoms with E-state index < -0.39 is 0 Å². The molecule has 0 heterocycles. The average molecular weight is 355 g/mol. The van der Waals surface area contributed by atoms with Gasteiger partial charge in [-0.05, 0) is 31.0 Å². The minimum absolute atomic E-state index is 0.0918. The van der Waals surface area contributed by atoms with Gasteiger partial charge in [-0.25, -0.2) is 0 Å². The van der Waals surface area contributed by atoms with Crippen LogP contribution in [0.2, 0.25) is 0 Å². The number of hydrogen-bond acceptors (Lipinski definition) is 5. The van der Waals surface area contributed by atoms with Gasteiger partial charge >= 0.3 is 0 Å². The smallest absolute Gasteiger partial charge is 0.270 e. The highest BCUT2D eigenvalue weighted by atomic mass is 32.2. The Labute approximate surface area is 151 Å². The van der Waals surface area contributed by atoms with E-state index in [4.69, 9.17) is 0 Å². The first-order chi connectivity index (χ1) is 12.2. The minimum Gasteiger partial charge on any atom is -0.279 e. The van der Waals surface area contributed by atoms with Gasteiger partial charge in [0.05, 0.1) is 16.8 Å². The van der Waals surface area contributed by atoms with Crippen molar-refractivity contribution < 1.29 is 4.92 Å². The first-order valence-electron chi connectivity index (χ1n) is 8.51. The molecule has 1 saturated carbocycles. The third-order valence-corrected chi connectivity index (χ3v) is 5.65. The Morgan fingerprint density at radius 3 is 2.60 bits per heavy atom. The maximum absolute atomic E-state index is 11.1. The van der Waals surface area contributed by atoms with Crippen LogP contribution in [0.25, 0.3) is 0 Å². The molecule has 0 atom stereocenters. The predicted molar refractivity (Wildman–Crippen MR) is 103 cm³/mol. The highest BCUT2D eigenvalue weighted by molar-refractivity contribution is 8.00. The fourth-order valence-electron chi connectivity index (χ4n) is 2.91.